The predicted molar refractivity (Wildman–Crippen MR) is 118 cm³/mol. The summed E-state index contributed by atoms with van der Waals surface area (Å²) in [5, 5.41) is 11.9. The van der Waals surface area contributed by atoms with Crippen LogP contribution in [0.3, 0.4) is 0 Å². The summed E-state index contributed by atoms with van der Waals surface area (Å²) in [6.45, 7) is 11.5. The minimum atomic E-state index is -1.24. The van der Waals surface area contributed by atoms with Gasteiger partial charge in [-0.2, -0.15) is 0 Å². The number of benzene rings is 1. The maximum atomic E-state index is 13.1. The molecule has 1 aliphatic rings. The van der Waals surface area contributed by atoms with Gasteiger partial charge in [0.25, 0.3) is 5.91 Å². The molecule has 0 fully saturated rings. The molecule has 2 aromatic rings. The van der Waals surface area contributed by atoms with Gasteiger partial charge in [0.1, 0.15) is 17.5 Å². The van der Waals surface area contributed by atoms with Crippen molar-refractivity contribution in [3.63, 3.8) is 0 Å². The number of rotatable bonds is 5. The zero-order valence-electron chi connectivity index (χ0n) is 18.7. The topological polar surface area (TPSA) is 114 Å². The Labute approximate surface area is 186 Å². The van der Waals surface area contributed by atoms with Gasteiger partial charge in [-0.3, -0.25) is 4.79 Å². The number of amides is 2. The van der Waals surface area contributed by atoms with E-state index in [1.165, 1.54) is 11.8 Å². The van der Waals surface area contributed by atoms with Crippen LogP contribution in [0.4, 0.5) is 4.79 Å². The highest BCUT2D eigenvalue weighted by Gasteiger charge is 2.33. The largest absolute Gasteiger partial charge is 0.479 e. The summed E-state index contributed by atoms with van der Waals surface area (Å²) < 4.78 is 7.37. The summed E-state index contributed by atoms with van der Waals surface area (Å²) in [5.41, 5.74) is 1.04. The lowest BCUT2D eigenvalue weighted by Gasteiger charge is -2.31. The summed E-state index contributed by atoms with van der Waals surface area (Å²) in [4.78, 5) is 43.3. The van der Waals surface area contributed by atoms with Crippen LogP contribution in [0.5, 0.6) is 0 Å². The number of nitrogens with one attached hydrogen (secondary N) is 1. The van der Waals surface area contributed by atoms with Crippen molar-refractivity contribution in [2.24, 2.45) is 0 Å². The Morgan fingerprint density at radius 1 is 1.19 bits per heavy atom. The maximum Gasteiger partial charge on any atom is 0.410 e. The van der Waals surface area contributed by atoms with Gasteiger partial charge in [-0.25, -0.2) is 14.6 Å². The average Bonchev–Trinajstić information content (AvgIpc) is 3.09. The fraction of sp³-hybridized carbons (Fsp3) is 0.391. The molecule has 0 saturated heterocycles. The second kappa shape index (κ2) is 8.86. The third-order valence-corrected chi connectivity index (χ3v) is 4.92. The lowest BCUT2D eigenvalue weighted by atomic mass is 10.1. The van der Waals surface area contributed by atoms with Crippen molar-refractivity contribution in [2.45, 2.75) is 52.4 Å². The van der Waals surface area contributed by atoms with Crippen LogP contribution >= 0.6 is 0 Å². The first-order valence-corrected chi connectivity index (χ1v) is 10.3. The number of carbonyl (C=O) groups is 3. The molecule has 0 saturated carbocycles. The number of aromatic nitrogens is 2. The summed E-state index contributed by atoms with van der Waals surface area (Å²) in [6.07, 6.45) is -0.483. The van der Waals surface area contributed by atoms with E-state index in [-0.39, 0.29) is 17.8 Å². The average molecular weight is 441 g/mol. The lowest BCUT2D eigenvalue weighted by molar-refractivity contribution is -0.138. The number of fused-ring (bicyclic) bond motifs is 1. The minimum absolute atomic E-state index is 0.0737. The van der Waals surface area contributed by atoms with E-state index in [1.54, 1.807) is 20.8 Å². The molecule has 0 aliphatic carbocycles. The van der Waals surface area contributed by atoms with E-state index in [1.807, 2.05) is 34.9 Å². The quantitative estimate of drug-likeness (QED) is 0.691. The van der Waals surface area contributed by atoms with E-state index >= 15 is 0 Å². The Hall–Kier alpha value is -3.62. The molecule has 0 bridgehead atoms. The number of carboxylic acids is 1. The smallest absolute Gasteiger partial charge is 0.410 e. The van der Waals surface area contributed by atoms with Gasteiger partial charge in [0.15, 0.2) is 5.69 Å². The van der Waals surface area contributed by atoms with E-state index < -0.39 is 29.6 Å². The third-order valence-electron chi connectivity index (χ3n) is 4.92. The molecule has 1 aliphatic heterocycles. The summed E-state index contributed by atoms with van der Waals surface area (Å²) in [6, 6.07) is 8.13. The second-order valence-corrected chi connectivity index (χ2v) is 8.74. The van der Waals surface area contributed by atoms with Crippen molar-refractivity contribution in [2.75, 3.05) is 6.54 Å². The van der Waals surface area contributed by atoms with Crippen molar-refractivity contribution in [3.8, 4) is 11.4 Å². The Balaban J connectivity index is 2.00. The normalized spacial score (nSPS) is 14.3. The SMILES string of the molecule is C=C(C)[C@H](NC(=O)c1nc(-c2ccccc2)n2c1CN(C(=O)OC(C)(C)C)CC2)C(=O)O. The highest BCUT2D eigenvalue weighted by atomic mass is 16.6. The van der Waals surface area contributed by atoms with Gasteiger partial charge in [-0.05, 0) is 33.3 Å². The van der Waals surface area contributed by atoms with Crippen molar-refractivity contribution >= 4 is 18.0 Å². The number of nitrogens with zero attached hydrogens (tertiary/aromatic N) is 3. The van der Waals surface area contributed by atoms with Gasteiger partial charge < -0.3 is 24.6 Å². The molecule has 1 aromatic carbocycles. The number of imidazole rings is 1. The molecule has 0 radical (unpaired) electrons. The van der Waals surface area contributed by atoms with Gasteiger partial charge in [-0.1, -0.05) is 36.9 Å². The number of hydrogen-bond acceptors (Lipinski definition) is 5. The first-order valence-electron chi connectivity index (χ1n) is 10.3. The zero-order valence-corrected chi connectivity index (χ0v) is 18.7. The van der Waals surface area contributed by atoms with E-state index in [4.69, 9.17) is 4.74 Å². The highest BCUT2D eigenvalue weighted by Crippen LogP contribution is 2.27. The van der Waals surface area contributed by atoms with Gasteiger partial charge in [-0.15, -0.1) is 0 Å². The molecular formula is C23H28N4O5. The van der Waals surface area contributed by atoms with Crippen LogP contribution in [0.2, 0.25) is 0 Å². The minimum Gasteiger partial charge on any atom is -0.479 e. The summed E-state index contributed by atoms with van der Waals surface area (Å²) in [7, 11) is 0. The van der Waals surface area contributed by atoms with Crippen molar-refractivity contribution in [1.82, 2.24) is 19.8 Å². The van der Waals surface area contributed by atoms with Crippen molar-refractivity contribution in [1.29, 1.82) is 0 Å². The van der Waals surface area contributed by atoms with Gasteiger partial charge in [0.05, 0.1) is 12.2 Å². The molecule has 9 nitrogen and oxygen atoms in total. The molecule has 0 spiro atoms. The number of ether oxygens (including phenoxy) is 1. The first kappa shape index (κ1) is 23.1. The van der Waals surface area contributed by atoms with Crippen LogP contribution in [-0.4, -0.2) is 55.7 Å². The third kappa shape index (κ3) is 4.99. The Morgan fingerprint density at radius 2 is 1.84 bits per heavy atom. The molecular weight excluding hydrogens is 412 g/mol. The number of aliphatic carboxylic acids is 1. The Morgan fingerprint density at radius 3 is 2.41 bits per heavy atom. The van der Waals surface area contributed by atoms with Crippen molar-refractivity contribution in [3.05, 3.63) is 53.9 Å². The van der Waals surface area contributed by atoms with E-state index in [2.05, 4.69) is 16.9 Å². The molecule has 9 heteroatoms. The Kier molecular flexibility index (Phi) is 6.38. The standard InChI is InChI=1S/C23H28N4O5/c1-14(2)17(21(29)30)25-20(28)18-16-13-26(22(31)32-23(3,4)5)11-12-27(16)19(24-18)15-9-7-6-8-10-15/h6-10,17H,1,11-13H2,2-5H3,(H,25,28)(H,29,30)/t17-/m0/s1. The van der Waals surface area contributed by atoms with Crippen LogP contribution in [0, 0.1) is 0 Å². The molecule has 2 amide bonds. The molecule has 0 unspecified atom stereocenters. The summed E-state index contributed by atoms with van der Waals surface area (Å²) in [5.74, 6) is -1.27. The fourth-order valence-corrected chi connectivity index (χ4v) is 3.44. The molecule has 1 atom stereocenters. The second-order valence-electron chi connectivity index (χ2n) is 8.74. The molecule has 1 aromatic heterocycles. The van der Waals surface area contributed by atoms with Crippen LogP contribution in [0.1, 0.15) is 43.9 Å². The predicted octanol–water partition coefficient (Wildman–Crippen LogP) is 3.06. The fourth-order valence-electron chi connectivity index (χ4n) is 3.44. The van der Waals surface area contributed by atoms with Crippen LogP contribution in [0.25, 0.3) is 11.4 Å². The van der Waals surface area contributed by atoms with E-state index in [0.29, 0.717) is 24.6 Å². The molecule has 2 heterocycles. The number of carbonyl (C=O) groups excluding carboxylic acids is 2. The first-order chi connectivity index (χ1) is 15.0. The molecule has 3 rings (SSSR count). The zero-order chi connectivity index (χ0) is 23.6. The number of carboxylic acid groups (broad SMARTS) is 1. The maximum absolute atomic E-state index is 13.1. The van der Waals surface area contributed by atoms with Gasteiger partial charge in [0, 0.05) is 18.7 Å². The highest BCUT2D eigenvalue weighted by molar-refractivity contribution is 5.97. The van der Waals surface area contributed by atoms with E-state index in [9.17, 15) is 19.5 Å². The van der Waals surface area contributed by atoms with Crippen LogP contribution in [0.15, 0.2) is 42.5 Å². The number of hydrogen-bond donors (Lipinski definition) is 2. The lowest BCUT2D eigenvalue weighted by Crippen LogP contribution is -2.44. The van der Waals surface area contributed by atoms with Crippen LogP contribution in [-0.2, 0) is 22.6 Å². The summed E-state index contributed by atoms with van der Waals surface area (Å²) >= 11 is 0. The molecule has 32 heavy (non-hydrogen) atoms. The van der Waals surface area contributed by atoms with E-state index in [0.717, 1.165) is 5.56 Å². The van der Waals surface area contributed by atoms with Crippen LogP contribution < -0.4 is 5.32 Å². The Bertz CT molecular complexity index is 1040. The molecule has 170 valence electrons. The van der Waals surface area contributed by atoms with Gasteiger partial charge >= 0.3 is 12.1 Å². The van der Waals surface area contributed by atoms with Crippen molar-refractivity contribution < 1.29 is 24.2 Å². The monoisotopic (exact) mass is 440 g/mol. The van der Waals surface area contributed by atoms with Gasteiger partial charge in [0.2, 0.25) is 0 Å². The molecule has 2 N–H and O–H groups in total.